The van der Waals surface area contributed by atoms with Crippen LogP contribution in [0.1, 0.15) is 26.7 Å². The minimum Gasteiger partial charge on any atom is -0.479 e. The third-order valence-corrected chi connectivity index (χ3v) is 4.29. The number of fused-ring (bicyclic) bond motifs is 1. The van der Waals surface area contributed by atoms with E-state index in [1.807, 2.05) is 0 Å². The van der Waals surface area contributed by atoms with Crippen LogP contribution in [0.3, 0.4) is 0 Å². The van der Waals surface area contributed by atoms with Crippen LogP contribution < -0.4 is 27.9 Å². The lowest BCUT2D eigenvalue weighted by atomic mass is 9.90. The normalized spacial score (nSPS) is 26.1. The van der Waals surface area contributed by atoms with Gasteiger partial charge in [-0.25, -0.2) is 16.7 Å². The van der Waals surface area contributed by atoms with E-state index < -0.39 is 0 Å². The highest BCUT2D eigenvalue weighted by atomic mass is 16.5. The fourth-order valence-electron chi connectivity index (χ4n) is 3.03. The molecule has 0 amide bonds. The predicted molar refractivity (Wildman–Crippen MR) is 94.5 cm³/mol. The van der Waals surface area contributed by atoms with Gasteiger partial charge in [0, 0.05) is 0 Å². The minimum atomic E-state index is -0.376. The maximum atomic E-state index is 6.21. The molecule has 7 N–H and O–H groups in total. The van der Waals surface area contributed by atoms with Crippen molar-refractivity contribution in [3.05, 3.63) is 35.3 Å². The molecule has 2 aliphatic heterocycles. The molecule has 8 heteroatoms. The van der Waals surface area contributed by atoms with Crippen molar-refractivity contribution in [2.75, 3.05) is 6.54 Å². The van der Waals surface area contributed by atoms with Crippen molar-refractivity contribution in [1.29, 1.82) is 0 Å². The largest absolute Gasteiger partial charge is 0.479 e. The topological polar surface area (TPSA) is 122 Å². The number of hydrogen-bond acceptors (Lipinski definition) is 8. The van der Waals surface area contributed by atoms with E-state index >= 15 is 0 Å². The molecular formula is C16H25N7O. The second-order valence-electron chi connectivity index (χ2n) is 6.31. The van der Waals surface area contributed by atoms with Crippen LogP contribution >= 0.6 is 0 Å². The Kier molecular flexibility index (Phi) is 4.86. The van der Waals surface area contributed by atoms with Crippen LogP contribution in [0.4, 0.5) is 0 Å². The Bertz CT molecular complexity index is 645. The maximum Gasteiger partial charge on any atom is 0.234 e. The number of guanidine groups is 1. The van der Waals surface area contributed by atoms with Crippen LogP contribution in [0, 0.1) is 5.92 Å². The molecule has 0 bridgehead atoms. The molecule has 0 fully saturated rings. The third-order valence-electron chi connectivity index (χ3n) is 4.29. The molecule has 3 rings (SSSR count). The van der Waals surface area contributed by atoms with Crippen LogP contribution in [0.5, 0.6) is 0 Å². The van der Waals surface area contributed by atoms with E-state index in [1.54, 1.807) is 0 Å². The summed E-state index contributed by atoms with van der Waals surface area (Å²) in [4.78, 5) is 8.45. The number of hydrogen-bond donors (Lipinski definition) is 5. The van der Waals surface area contributed by atoms with Crippen molar-refractivity contribution in [2.24, 2.45) is 27.6 Å². The Morgan fingerprint density at radius 3 is 2.88 bits per heavy atom. The lowest BCUT2D eigenvalue weighted by Crippen LogP contribution is -2.47. The summed E-state index contributed by atoms with van der Waals surface area (Å²) in [7, 11) is 0. The molecule has 24 heavy (non-hydrogen) atoms. The van der Waals surface area contributed by atoms with Gasteiger partial charge < -0.3 is 15.5 Å². The smallest absolute Gasteiger partial charge is 0.234 e. The number of ether oxygens (including phenoxy) is 1. The first-order valence-corrected chi connectivity index (χ1v) is 8.24. The molecule has 0 aromatic carbocycles. The quantitative estimate of drug-likeness (QED) is 0.371. The number of rotatable bonds is 3. The van der Waals surface area contributed by atoms with E-state index in [0.717, 1.165) is 24.3 Å². The molecule has 0 saturated carbocycles. The summed E-state index contributed by atoms with van der Waals surface area (Å²) in [6, 6.07) is 0.359. The van der Waals surface area contributed by atoms with Crippen molar-refractivity contribution < 1.29 is 4.74 Å². The van der Waals surface area contributed by atoms with Gasteiger partial charge in [-0.3, -0.25) is 5.43 Å². The van der Waals surface area contributed by atoms with E-state index in [4.69, 9.17) is 16.4 Å². The SMILES string of the molecule is CC(C)C1=C(OC2CN=C(NN)N=C2NN)C=C2C=CCCC2N1. The summed E-state index contributed by atoms with van der Waals surface area (Å²) >= 11 is 0. The molecule has 1 aliphatic carbocycles. The standard InChI is InChI=1S/C16H25N7O/c1-9(2)14-12(7-10-5-3-4-6-11(10)20-14)24-13-8-19-16(23-18)21-15(13)22-17/h3,5,7,9,11,13,20H,4,6,8,17-18H2,1-2H3,(H2,19,21,22,23). The van der Waals surface area contributed by atoms with Crippen molar-refractivity contribution >= 4 is 11.8 Å². The first kappa shape index (κ1) is 16.5. The average molecular weight is 331 g/mol. The molecule has 130 valence electrons. The Hall–Kier alpha value is -2.32. The van der Waals surface area contributed by atoms with Crippen LogP contribution in [0.2, 0.25) is 0 Å². The van der Waals surface area contributed by atoms with E-state index in [1.165, 1.54) is 5.57 Å². The lowest BCUT2D eigenvalue weighted by molar-refractivity contribution is 0.172. The summed E-state index contributed by atoms with van der Waals surface area (Å²) < 4.78 is 6.21. The number of amidine groups is 1. The average Bonchev–Trinajstić information content (AvgIpc) is 2.61. The highest BCUT2D eigenvalue weighted by Crippen LogP contribution is 2.29. The number of hydrazine groups is 2. The zero-order chi connectivity index (χ0) is 17.1. The Balaban J connectivity index is 1.85. The van der Waals surface area contributed by atoms with Gasteiger partial charge in [0.15, 0.2) is 11.9 Å². The van der Waals surface area contributed by atoms with Crippen molar-refractivity contribution in [3.8, 4) is 0 Å². The molecule has 0 aromatic rings. The van der Waals surface area contributed by atoms with Gasteiger partial charge in [-0.2, -0.15) is 4.99 Å². The number of nitrogens with two attached hydrogens (primary N) is 2. The summed E-state index contributed by atoms with van der Waals surface area (Å²) in [5.41, 5.74) is 7.34. The van der Waals surface area contributed by atoms with Crippen molar-refractivity contribution in [2.45, 2.75) is 38.8 Å². The highest BCUT2D eigenvalue weighted by Gasteiger charge is 2.29. The Morgan fingerprint density at radius 2 is 2.17 bits per heavy atom. The highest BCUT2D eigenvalue weighted by molar-refractivity contribution is 5.99. The second kappa shape index (κ2) is 7.06. The number of nitrogens with zero attached hydrogens (tertiary/aromatic N) is 2. The van der Waals surface area contributed by atoms with E-state index in [0.29, 0.717) is 30.3 Å². The van der Waals surface area contributed by atoms with Gasteiger partial charge in [-0.05, 0) is 30.4 Å². The van der Waals surface area contributed by atoms with Crippen LogP contribution in [0.25, 0.3) is 0 Å². The summed E-state index contributed by atoms with van der Waals surface area (Å²) in [6.07, 6.45) is 8.28. The predicted octanol–water partition coefficient (Wildman–Crippen LogP) is 0.182. The molecule has 0 spiro atoms. The number of aliphatic imine (C=N–C) groups is 2. The Morgan fingerprint density at radius 1 is 1.33 bits per heavy atom. The van der Waals surface area contributed by atoms with Crippen LogP contribution in [-0.4, -0.2) is 30.5 Å². The zero-order valence-corrected chi connectivity index (χ0v) is 14.0. The second-order valence-corrected chi connectivity index (χ2v) is 6.31. The van der Waals surface area contributed by atoms with Crippen LogP contribution in [-0.2, 0) is 4.74 Å². The molecule has 2 atom stereocenters. The van der Waals surface area contributed by atoms with E-state index in [9.17, 15) is 0 Å². The lowest BCUT2D eigenvalue weighted by Gasteiger charge is -2.34. The fraction of sp³-hybridized carbons (Fsp3) is 0.500. The minimum absolute atomic E-state index is 0.322. The first-order valence-electron chi connectivity index (χ1n) is 8.24. The van der Waals surface area contributed by atoms with Gasteiger partial charge in [0.25, 0.3) is 0 Å². The molecule has 0 aromatic heterocycles. The first-order chi connectivity index (χ1) is 11.6. The molecule has 3 aliphatic rings. The fourth-order valence-corrected chi connectivity index (χ4v) is 3.03. The molecule has 8 nitrogen and oxygen atoms in total. The zero-order valence-electron chi connectivity index (χ0n) is 14.0. The molecule has 0 radical (unpaired) electrons. The third kappa shape index (κ3) is 3.29. The maximum absolute atomic E-state index is 6.21. The molecule has 2 heterocycles. The van der Waals surface area contributed by atoms with Gasteiger partial charge in [0.2, 0.25) is 5.96 Å². The van der Waals surface area contributed by atoms with Gasteiger partial charge in [0.05, 0.1) is 18.3 Å². The molecular weight excluding hydrogens is 306 g/mol. The van der Waals surface area contributed by atoms with Gasteiger partial charge in [-0.1, -0.05) is 26.0 Å². The number of nitrogens with one attached hydrogen (secondary N) is 3. The van der Waals surface area contributed by atoms with Crippen LogP contribution in [0.15, 0.2) is 45.2 Å². The summed E-state index contributed by atoms with van der Waals surface area (Å²) in [6.45, 7) is 4.68. The monoisotopic (exact) mass is 331 g/mol. The van der Waals surface area contributed by atoms with Gasteiger partial charge in [-0.15, -0.1) is 0 Å². The number of dihydropyridines is 1. The van der Waals surface area contributed by atoms with Crippen molar-refractivity contribution in [3.63, 3.8) is 0 Å². The Labute approximate surface area is 141 Å². The molecule has 0 saturated heterocycles. The van der Waals surface area contributed by atoms with Gasteiger partial charge in [0.1, 0.15) is 5.76 Å². The number of allylic oxidation sites excluding steroid dienone is 3. The molecule has 2 unspecified atom stereocenters. The van der Waals surface area contributed by atoms with E-state index in [2.05, 4.69) is 58.2 Å². The summed E-state index contributed by atoms with van der Waals surface area (Å²) in [5, 5.41) is 3.62. The van der Waals surface area contributed by atoms with Gasteiger partial charge >= 0.3 is 0 Å². The van der Waals surface area contributed by atoms with E-state index in [-0.39, 0.29) is 6.10 Å². The van der Waals surface area contributed by atoms with Crippen molar-refractivity contribution in [1.82, 2.24) is 16.2 Å². The summed E-state index contributed by atoms with van der Waals surface area (Å²) in [5.74, 6) is 12.9.